The maximum absolute atomic E-state index is 4.39. The minimum Gasteiger partial charge on any atom is -0.304 e. The van der Waals surface area contributed by atoms with Crippen molar-refractivity contribution in [2.45, 2.75) is 64.1 Å². The van der Waals surface area contributed by atoms with Gasteiger partial charge < -0.3 is 5.32 Å². The summed E-state index contributed by atoms with van der Waals surface area (Å²) in [5, 5.41) is 8.15. The first kappa shape index (κ1) is 11.9. The van der Waals surface area contributed by atoms with Crippen molar-refractivity contribution < 1.29 is 0 Å². The van der Waals surface area contributed by atoms with Crippen LogP contribution in [-0.4, -0.2) is 20.3 Å². The second kappa shape index (κ2) is 4.30. The molecule has 4 saturated carbocycles. The van der Waals surface area contributed by atoms with E-state index >= 15 is 0 Å². The van der Waals surface area contributed by atoms with Gasteiger partial charge in [-0.05, 0) is 63.2 Å². The lowest BCUT2D eigenvalue weighted by molar-refractivity contribution is -0.0210. The van der Waals surface area contributed by atoms with Crippen LogP contribution in [0.4, 0.5) is 0 Å². The van der Waals surface area contributed by atoms with Crippen LogP contribution in [0.1, 0.15) is 51.3 Å². The van der Waals surface area contributed by atoms with E-state index in [1.54, 1.807) is 6.33 Å². The van der Waals surface area contributed by atoms with E-state index in [1.807, 2.05) is 4.68 Å². The van der Waals surface area contributed by atoms with Gasteiger partial charge in [-0.1, -0.05) is 0 Å². The molecule has 0 radical (unpaired) electrons. The van der Waals surface area contributed by atoms with E-state index in [0.29, 0.717) is 5.54 Å². The topological polar surface area (TPSA) is 42.7 Å². The molecule has 1 N–H and O–H groups in total. The van der Waals surface area contributed by atoms with Crippen molar-refractivity contribution in [2.75, 3.05) is 0 Å². The summed E-state index contributed by atoms with van der Waals surface area (Å²) in [6.45, 7) is 3.93. The Balaban J connectivity index is 1.48. The summed E-state index contributed by atoms with van der Waals surface area (Å²) >= 11 is 0. The Morgan fingerprint density at radius 2 is 1.84 bits per heavy atom. The van der Waals surface area contributed by atoms with E-state index in [9.17, 15) is 0 Å². The highest BCUT2D eigenvalue weighted by atomic mass is 15.3. The zero-order valence-electron chi connectivity index (χ0n) is 11.8. The average Bonchev–Trinajstić information content (AvgIpc) is 2.82. The number of nitrogens with one attached hydrogen (secondary N) is 1. The molecule has 4 aliphatic rings. The molecule has 0 amide bonds. The Morgan fingerprint density at radius 1 is 1.21 bits per heavy atom. The molecule has 1 aromatic heterocycles. The number of nitrogens with zero attached hydrogens (tertiary/aromatic N) is 3. The lowest BCUT2D eigenvalue weighted by atomic mass is 9.53. The second-order valence-corrected chi connectivity index (χ2v) is 7.04. The number of aryl methyl sites for hydroxylation is 1. The Kier molecular flexibility index (Phi) is 2.69. The molecule has 0 aliphatic heterocycles. The van der Waals surface area contributed by atoms with E-state index in [2.05, 4.69) is 22.3 Å². The highest BCUT2D eigenvalue weighted by Crippen LogP contribution is 2.55. The fourth-order valence-electron chi connectivity index (χ4n) is 5.28. The summed E-state index contributed by atoms with van der Waals surface area (Å²) < 4.78 is 2.01. The highest BCUT2D eigenvalue weighted by Gasteiger charge is 2.50. The predicted octanol–water partition coefficient (Wildman–Crippen LogP) is 2.36. The third-order valence-corrected chi connectivity index (χ3v) is 5.66. The zero-order valence-corrected chi connectivity index (χ0v) is 11.8. The van der Waals surface area contributed by atoms with Crippen LogP contribution in [-0.2, 0) is 13.1 Å². The van der Waals surface area contributed by atoms with Crippen LogP contribution in [0.3, 0.4) is 0 Å². The predicted molar refractivity (Wildman–Crippen MR) is 73.4 cm³/mol. The smallest absolute Gasteiger partial charge is 0.140 e. The molecule has 5 rings (SSSR count). The van der Waals surface area contributed by atoms with Crippen LogP contribution in [0.2, 0.25) is 0 Å². The summed E-state index contributed by atoms with van der Waals surface area (Å²) in [6, 6.07) is 0. The Labute approximate surface area is 115 Å². The Bertz CT molecular complexity index is 429. The molecule has 0 spiro atoms. The standard InChI is InChI=1S/C15H24N4/c1-2-19-14(16-10-18-19)9-17-15-6-11-3-12(7-15)5-13(4-11)8-15/h10-13,17H,2-9H2,1H3. The summed E-state index contributed by atoms with van der Waals surface area (Å²) in [6.07, 6.45) is 10.4. The number of hydrogen-bond acceptors (Lipinski definition) is 3. The quantitative estimate of drug-likeness (QED) is 0.903. The molecule has 4 aliphatic carbocycles. The first-order chi connectivity index (χ1) is 9.26. The van der Waals surface area contributed by atoms with Gasteiger partial charge in [-0.3, -0.25) is 0 Å². The van der Waals surface area contributed by atoms with Crippen molar-refractivity contribution in [3.63, 3.8) is 0 Å². The fraction of sp³-hybridized carbons (Fsp3) is 0.867. The molecule has 0 atom stereocenters. The largest absolute Gasteiger partial charge is 0.304 e. The van der Waals surface area contributed by atoms with E-state index in [0.717, 1.165) is 36.7 Å². The fourth-order valence-corrected chi connectivity index (χ4v) is 5.28. The van der Waals surface area contributed by atoms with E-state index in [1.165, 1.54) is 38.5 Å². The van der Waals surface area contributed by atoms with Gasteiger partial charge in [-0.15, -0.1) is 0 Å². The van der Waals surface area contributed by atoms with Crippen molar-refractivity contribution in [1.29, 1.82) is 0 Å². The van der Waals surface area contributed by atoms with Gasteiger partial charge in [-0.2, -0.15) is 5.10 Å². The Morgan fingerprint density at radius 3 is 2.42 bits per heavy atom. The van der Waals surface area contributed by atoms with Crippen molar-refractivity contribution in [2.24, 2.45) is 17.8 Å². The molecule has 19 heavy (non-hydrogen) atoms. The van der Waals surface area contributed by atoms with E-state index in [-0.39, 0.29) is 0 Å². The molecule has 4 bridgehead atoms. The highest BCUT2D eigenvalue weighted by molar-refractivity contribution is 5.07. The molecule has 1 aromatic rings. The van der Waals surface area contributed by atoms with Gasteiger partial charge in [0.15, 0.2) is 0 Å². The van der Waals surface area contributed by atoms with E-state index < -0.39 is 0 Å². The molecule has 4 nitrogen and oxygen atoms in total. The first-order valence-corrected chi connectivity index (χ1v) is 7.88. The van der Waals surface area contributed by atoms with Crippen LogP contribution in [0.15, 0.2) is 6.33 Å². The Hall–Kier alpha value is -0.900. The van der Waals surface area contributed by atoms with Gasteiger partial charge in [0.25, 0.3) is 0 Å². The average molecular weight is 260 g/mol. The van der Waals surface area contributed by atoms with Crippen LogP contribution < -0.4 is 5.32 Å². The second-order valence-electron chi connectivity index (χ2n) is 7.04. The van der Waals surface area contributed by atoms with Crippen LogP contribution in [0.5, 0.6) is 0 Å². The third-order valence-electron chi connectivity index (χ3n) is 5.66. The van der Waals surface area contributed by atoms with Gasteiger partial charge in [0, 0.05) is 12.1 Å². The van der Waals surface area contributed by atoms with E-state index in [4.69, 9.17) is 0 Å². The molecule has 4 fully saturated rings. The first-order valence-electron chi connectivity index (χ1n) is 7.88. The molecular weight excluding hydrogens is 236 g/mol. The monoisotopic (exact) mass is 260 g/mol. The summed E-state index contributed by atoms with van der Waals surface area (Å²) in [4.78, 5) is 4.39. The van der Waals surface area contributed by atoms with Crippen LogP contribution in [0.25, 0.3) is 0 Å². The molecule has 0 aromatic carbocycles. The van der Waals surface area contributed by atoms with Gasteiger partial charge in [0.1, 0.15) is 12.2 Å². The molecule has 104 valence electrons. The summed E-state index contributed by atoms with van der Waals surface area (Å²) in [5.74, 6) is 4.10. The lowest BCUT2D eigenvalue weighted by Gasteiger charge is -2.57. The summed E-state index contributed by atoms with van der Waals surface area (Å²) in [5.41, 5.74) is 0.430. The zero-order chi connectivity index (χ0) is 12.9. The van der Waals surface area contributed by atoms with Gasteiger partial charge >= 0.3 is 0 Å². The van der Waals surface area contributed by atoms with Crippen molar-refractivity contribution in [1.82, 2.24) is 20.1 Å². The molecule has 1 heterocycles. The maximum Gasteiger partial charge on any atom is 0.140 e. The number of aromatic nitrogens is 3. The van der Waals surface area contributed by atoms with Gasteiger partial charge in [0.2, 0.25) is 0 Å². The van der Waals surface area contributed by atoms with Gasteiger partial charge in [-0.25, -0.2) is 9.67 Å². The van der Waals surface area contributed by atoms with Crippen LogP contribution >= 0.6 is 0 Å². The molecular formula is C15H24N4. The molecule has 0 unspecified atom stereocenters. The van der Waals surface area contributed by atoms with Gasteiger partial charge in [0.05, 0.1) is 6.54 Å². The number of rotatable bonds is 4. The summed E-state index contributed by atoms with van der Waals surface area (Å²) in [7, 11) is 0. The SMILES string of the molecule is CCn1ncnc1CNC12CC3CC(CC(C3)C1)C2. The van der Waals surface area contributed by atoms with Crippen LogP contribution in [0, 0.1) is 17.8 Å². The minimum absolute atomic E-state index is 0.430. The molecule has 4 heteroatoms. The van der Waals surface area contributed by atoms with Crippen molar-refractivity contribution >= 4 is 0 Å². The number of hydrogen-bond donors (Lipinski definition) is 1. The maximum atomic E-state index is 4.39. The minimum atomic E-state index is 0.430. The third kappa shape index (κ3) is 2.00. The van der Waals surface area contributed by atoms with Crippen molar-refractivity contribution in [3.05, 3.63) is 12.2 Å². The lowest BCUT2D eigenvalue weighted by Crippen LogP contribution is -2.58. The normalized spacial score (nSPS) is 39.9. The molecule has 0 saturated heterocycles. The van der Waals surface area contributed by atoms with Crippen molar-refractivity contribution in [3.8, 4) is 0 Å².